The van der Waals surface area contributed by atoms with Crippen molar-refractivity contribution in [2.24, 2.45) is 0 Å². The lowest BCUT2D eigenvalue weighted by molar-refractivity contribution is -0.141. The summed E-state index contributed by atoms with van der Waals surface area (Å²) in [7, 11) is 0. The van der Waals surface area contributed by atoms with E-state index in [9.17, 15) is 19.5 Å². The molecule has 1 atom stereocenters. The summed E-state index contributed by atoms with van der Waals surface area (Å²) in [4.78, 5) is 36.6. The maximum Gasteiger partial charge on any atom is 0.339 e. The summed E-state index contributed by atoms with van der Waals surface area (Å²) in [6.07, 6.45) is 4.15. The summed E-state index contributed by atoms with van der Waals surface area (Å²) in [5, 5.41) is 13.7. The van der Waals surface area contributed by atoms with E-state index in [4.69, 9.17) is 8.83 Å². The van der Waals surface area contributed by atoms with Crippen molar-refractivity contribution in [2.75, 3.05) is 12.0 Å². The number of thioether (sulfide) groups is 1. The minimum Gasteiger partial charge on any atom is -0.480 e. The minimum atomic E-state index is -1.06. The second kappa shape index (κ2) is 9.63. The number of furan rings is 1. The first-order chi connectivity index (χ1) is 15.5. The predicted octanol–water partition coefficient (Wildman–Crippen LogP) is 4.71. The van der Waals surface area contributed by atoms with Gasteiger partial charge >= 0.3 is 11.6 Å². The number of fused-ring (bicyclic) bond motifs is 2. The second-order valence-electron chi connectivity index (χ2n) is 9.39. The Kier molecular flexibility index (Phi) is 7.26. The van der Waals surface area contributed by atoms with Crippen LogP contribution in [0.3, 0.4) is 0 Å². The molecule has 0 unspecified atom stereocenters. The van der Waals surface area contributed by atoms with Crippen molar-refractivity contribution in [3.8, 4) is 0 Å². The van der Waals surface area contributed by atoms with Crippen LogP contribution in [0.5, 0.6) is 0 Å². The van der Waals surface area contributed by atoms with Crippen molar-refractivity contribution in [1.29, 1.82) is 0 Å². The van der Waals surface area contributed by atoms with Gasteiger partial charge < -0.3 is 19.3 Å². The Morgan fingerprint density at radius 3 is 2.45 bits per heavy atom. The summed E-state index contributed by atoms with van der Waals surface area (Å²) in [6.45, 7) is 10.1. The van der Waals surface area contributed by atoms with E-state index in [-0.39, 0.29) is 18.3 Å². The third-order valence-corrected chi connectivity index (χ3v) is 6.64. The topological polar surface area (TPSA) is 110 Å². The Morgan fingerprint density at radius 1 is 1.15 bits per heavy atom. The van der Waals surface area contributed by atoms with Crippen LogP contribution in [0.4, 0.5) is 0 Å². The van der Waals surface area contributed by atoms with E-state index in [0.29, 0.717) is 28.9 Å². The van der Waals surface area contributed by atoms with Crippen LogP contribution in [-0.2, 0) is 21.4 Å². The first-order valence-electron chi connectivity index (χ1n) is 10.9. The molecule has 1 amide bonds. The Morgan fingerprint density at radius 2 is 1.85 bits per heavy atom. The standard InChI is InChI=1S/C25H31NO6S/c1-13-15(7-8-20(27)26-19(23(28)29)9-10-33-6)24(30)32-22-14(2)21-17(11-16(13)22)18(12-31-21)25(3,4)5/h11-12,19H,7-10H2,1-6H3,(H,26,27)(H,28,29)/t19-/m0/s1. The number of carboxylic acid groups (broad SMARTS) is 1. The SMILES string of the molecule is CSCC[C@H](NC(=O)CCc1c(C)c2cc3c(C(C)(C)C)coc3c(C)c2oc1=O)C(=O)O. The van der Waals surface area contributed by atoms with E-state index in [1.807, 2.05) is 26.2 Å². The monoisotopic (exact) mass is 473 g/mol. The van der Waals surface area contributed by atoms with Gasteiger partial charge in [0.25, 0.3) is 0 Å². The number of rotatable bonds is 8. The normalized spacial score (nSPS) is 12.9. The Hall–Kier alpha value is -2.74. The Labute approximate surface area is 196 Å². The third kappa shape index (κ3) is 5.11. The molecule has 0 radical (unpaired) electrons. The minimum absolute atomic E-state index is 0.000330. The molecule has 1 aromatic carbocycles. The van der Waals surface area contributed by atoms with Gasteiger partial charge in [-0.1, -0.05) is 20.8 Å². The summed E-state index contributed by atoms with van der Waals surface area (Å²) < 4.78 is 11.5. The van der Waals surface area contributed by atoms with Gasteiger partial charge in [0.15, 0.2) is 0 Å². The molecule has 0 saturated heterocycles. The van der Waals surface area contributed by atoms with Gasteiger partial charge in [0.05, 0.1) is 6.26 Å². The van der Waals surface area contributed by atoms with Gasteiger partial charge in [-0.05, 0) is 55.7 Å². The summed E-state index contributed by atoms with van der Waals surface area (Å²) >= 11 is 1.52. The van der Waals surface area contributed by atoms with Crippen molar-refractivity contribution in [2.45, 2.75) is 65.3 Å². The first-order valence-corrected chi connectivity index (χ1v) is 12.3. The Balaban J connectivity index is 1.94. The van der Waals surface area contributed by atoms with Crippen LogP contribution in [0.15, 0.2) is 26.0 Å². The first kappa shape index (κ1) is 24.9. The molecule has 0 bridgehead atoms. The van der Waals surface area contributed by atoms with Gasteiger partial charge in [-0.2, -0.15) is 11.8 Å². The second-order valence-corrected chi connectivity index (χ2v) is 10.4. The van der Waals surface area contributed by atoms with Crippen LogP contribution in [0.25, 0.3) is 21.9 Å². The molecule has 3 aromatic rings. The van der Waals surface area contributed by atoms with Gasteiger partial charge in [-0.15, -0.1) is 0 Å². The van der Waals surface area contributed by atoms with Gasteiger partial charge in [-0.25, -0.2) is 9.59 Å². The number of benzene rings is 1. The molecule has 0 aliphatic carbocycles. The fourth-order valence-electron chi connectivity index (χ4n) is 4.06. The van der Waals surface area contributed by atoms with Crippen molar-refractivity contribution >= 4 is 45.6 Å². The molecule has 7 nitrogen and oxygen atoms in total. The molecule has 0 saturated carbocycles. The van der Waals surface area contributed by atoms with Crippen LogP contribution in [0.1, 0.15) is 55.9 Å². The van der Waals surface area contributed by atoms with E-state index < -0.39 is 23.5 Å². The molecule has 33 heavy (non-hydrogen) atoms. The highest BCUT2D eigenvalue weighted by atomic mass is 32.2. The summed E-state index contributed by atoms with van der Waals surface area (Å²) in [5.41, 5.74) is 3.59. The quantitative estimate of drug-likeness (QED) is 0.456. The van der Waals surface area contributed by atoms with E-state index in [1.54, 1.807) is 6.26 Å². The van der Waals surface area contributed by atoms with E-state index >= 15 is 0 Å². The smallest absolute Gasteiger partial charge is 0.339 e. The van der Waals surface area contributed by atoms with Crippen molar-refractivity contribution in [1.82, 2.24) is 5.32 Å². The number of aryl methyl sites for hydroxylation is 2. The zero-order valence-electron chi connectivity index (χ0n) is 20.0. The van der Waals surface area contributed by atoms with E-state index in [0.717, 1.165) is 27.5 Å². The highest BCUT2D eigenvalue weighted by Gasteiger charge is 2.24. The molecular formula is C25H31NO6S. The number of hydrogen-bond donors (Lipinski definition) is 2. The lowest BCUT2D eigenvalue weighted by Gasteiger charge is -2.17. The molecule has 0 aliphatic heterocycles. The maximum absolute atomic E-state index is 12.8. The molecule has 0 spiro atoms. The lowest BCUT2D eigenvalue weighted by Crippen LogP contribution is -2.41. The average Bonchev–Trinajstić information content (AvgIpc) is 3.16. The van der Waals surface area contributed by atoms with Crippen molar-refractivity contribution < 1.29 is 23.5 Å². The highest BCUT2D eigenvalue weighted by molar-refractivity contribution is 7.98. The number of aliphatic carboxylic acids is 1. The number of carbonyl (C=O) groups excluding carboxylic acids is 1. The molecule has 2 heterocycles. The van der Waals surface area contributed by atoms with Gasteiger partial charge in [0, 0.05) is 33.9 Å². The molecule has 2 aromatic heterocycles. The summed E-state index contributed by atoms with van der Waals surface area (Å²) in [6, 6.07) is 1.05. The van der Waals surface area contributed by atoms with Crippen molar-refractivity contribution in [3.63, 3.8) is 0 Å². The predicted molar refractivity (Wildman–Crippen MR) is 131 cm³/mol. The molecular weight excluding hydrogens is 442 g/mol. The van der Waals surface area contributed by atoms with E-state index in [2.05, 4.69) is 26.1 Å². The fraction of sp³-hybridized carbons (Fsp3) is 0.480. The molecule has 178 valence electrons. The van der Waals surface area contributed by atoms with Crippen LogP contribution in [-0.4, -0.2) is 35.0 Å². The van der Waals surface area contributed by atoms with Crippen LogP contribution >= 0.6 is 11.8 Å². The zero-order chi connectivity index (χ0) is 24.5. The number of carboxylic acids is 1. The average molecular weight is 474 g/mol. The zero-order valence-corrected chi connectivity index (χ0v) is 20.8. The maximum atomic E-state index is 12.8. The highest BCUT2D eigenvalue weighted by Crippen LogP contribution is 2.37. The van der Waals surface area contributed by atoms with E-state index in [1.165, 1.54) is 11.8 Å². The number of hydrogen-bond acceptors (Lipinski definition) is 6. The van der Waals surface area contributed by atoms with Gasteiger partial charge in [-0.3, -0.25) is 4.79 Å². The van der Waals surface area contributed by atoms with Crippen molar-refractivity contribution in [3.05, 3.63) is 45.0 Å². The van der Waals surface area contributed by atoms with Crippen LogP contribution < -0.4 is 10.9 Å². The molecule has 8 heteroatoms. The molecule has 0 fully saturated rings. The molecule has 0 aliphatic rings. The fourth-order valence-corrected chi connectivity index (χ4v) is 4.54. The molecule has 3 rings (SSSR count). The van der Waals surface area contributed by atoms with Gasteiger partial charge in [0.1, 0.15) is 17.2 Å². The number of carbonyl (C=O) groups is 2. The van der Waals surface area contributed by atoms with Crippen LogP contribution in [0.2, 0.25) is 0 Å². The Bertz CT molecular complexity index is 1260. The largest absolute Gasteiger partial charge is 0.480 e. The summed E-state index contributed by atoms with van der Waals surface area (Å²) in [5.74, 6) is -0.838. The third-order valence-electron chi connectivity index (χ3n) is 6.00. The number of amides is 1. The van der Waals surface area contributed by atoms with Gasteiger partial charge in [0.2, 0.25) is 5.91 Å². The number of nitrogens with one attached hydrogen (secondary N) is 1. The molecule has 2 N–H and O–H groups in total. The van der Waals surface area contributed by atoms with Crippen LogP contribution in [0, 0.1) is 13.8 Å². The lowest BCUT2D eigenvalue weighted by atomic mass is 9.86.